The summed E-state index contributed by atoms with van der Waals surface area (Å²) >= 11 is 0. The largest absolute Gasteiger partial charge is 0.392 e. The number of pyridine rings is 1. The maximum atomic E-state index is 8.98. The lowest BCUT2D eigenvalue weighted by atomic mass is 10.2. The van der Waals surface area contributed by atoms with Crippen LogP contribution >= 0.6 is 0 Å². The molecule has 0 aliphatic carbocycles. The molecule has 0 saturated carbocycles. The molecule has 2 heterocycles. The van der Waals surface area contributed by atoms with Gasteiger partial charge in [0.1, 0.15) is 5.65 Å². The number of aromatic nitrogens is 2. The first-order valence-corrected chi connectivity index (χ1v) is 3.84. The fourth-order valence-electron chi connectivity index (χ4n) is 1.28. The van der Waals surface area contributed by atoms with Gasteiger partial charge in [0.15, 0.2) is 0 Å². The third-order valence-corrected chi connectivity index (χ3v) is 2.01. The normalized spacial score (nSPS) is 10.8. The van der Waals surface area contributed by atoms with Crippen molar-refractivity contribution in [3.63, 3.8) is 0 Å². The number of hydrogen-bond donors (Lipinski definition) is 1. The van der Waals surface area contributed by atoms with Crippen LogP contribution in [0, 0.1) is 6.92 Å². The number of imidazole rings is 1. The molecule has 0 saturated heterocycles. The molecule has 0 radical (unpaired) electrons. The summed E-state index contributed by atoms with van der Waals surface area (Å²) in [5, 5.41) is 8.98. The number of rotatable bonds is 1. The monoisotopic (exact) mass is 162 g/mol. The van der Waals surface area contributed by atoms with Gasteiger partial charge in [-0.3, -0.25) is 0 Å². The molecule has 2 aromatic heterocycles. The molecule has 3 nitrogen and oxygen atoms in total. The van der Waals surface area contributed by atoms with E-state index in [1.54, 1.807) is 6.20 Å². The zero-order valence-corrected chi connectivity index (χ0v) is 6.86. The maximum Gasteiger partial charge on any atom is 0.137 e. The molecular formula is C9H10N2O. The molecule has 0 fully saturated rings. The van der Waals surface area contributed by atoms with Gasteiger partial charge in [-0.05, 0) is 24.1 Å². The van der Waals surface area contributed by atoms with Crippen LogP contribution in [0.25, 0.3) is 5.65 Å². The van der Waals surface area contributed by atoms with Gasteiger partial charge in [-0.2, -0.15) is 0 Å². The Bertz CT molecular complexity index is 406. The lowest BCUT2D eigenvalue weighted by Gasteiger charge is -2.02. The van der Waals surface area contributed by atoms with E-state index in [1.165, 1.54) is 0 Å². The van der Waals surface area contributed by atoms with Gasteiger partial charge in [0.05, 0.1) is 6.61 Å². The van der Waals surface area contributed by atoms with E-state index in [0.29, 0.717) is 0 Å². The molecule has 12 heavy (non-hydrogen) atoms. The fraction of sp³-hybridized carbons (Fsp3) is 0.222. The molecule has 2 rings (SSSR count). The molecule has 62 valence electrons. The van der Waals surface area contributed by atoms with Gasteiger partial charge >= 0.3 is 0 Å². The van der Waals surface area contributed by atoms with E-state index in [-0.39, 0.29) is 6.61 Å². The van der Waals surface area contributed by atoms with E-state index in [2.05, 4.69) is 4.98 Å². The molecule has 0 aromatic carbocycles. The van der Waals surface area contributed by atoms with Gasteiger partial charge in [-0.25, -0.2) is 4.98 Å². The minimum Gasteiger partial charge on any atom is -0.392 e. The first-order valence-electron chi connectivity index (χ1n) is 3.84. The summed E-state index contributed by atoms with van der Waals surface area (Å²) < 4.78 is 1.94. The third kappa shape index (κ3) is 0.987. The zero-order valence-electron chi connectivity index (χ0n) is 6.86. The highest BCUT2D eigenvalue weighted by atomic mass is 16.3. The van der Waals surface area contributed by atoms with E-state index >= 15 is 0 Å². The van der Waals surface area contributed by atoms with Crippen molar-refractivity contribution in [2.45, 2.75) is 13.5 Å². The second kappa shape index (κ2) is 2.60. The highest BCUT2D eigenvalue weighted by Gasteiger charge is 1.99. The van der Waals surface area contributed by atoms with Crippen molar-refractivity contribution in [2.75, 3.05) is 0 Å². The SMILES string of the molecule is Cc1cn2ccnc2cc1CO. The van der Waals surface area contributed by atoms with E-state index in [0.717, 1.165) is 16.8 Å². The number of aliphatic hydroxyl groups excluding tert-OH is 1. The first kappa shape index (κ1) is 7.31. The minimum absolute atomic E-state index is 0.0786. The molecule has 0 bridgehead atoms. The molecule has 3 heteroatoms. The second-order valence-electron chi connectivity index (χ2n) is 2.83. The van der Waals surface area contributed by atoms with Crippen LogP contribution in [0.4, 0.5) is 0 Å². The van der Waals surface area contributed by atoms with Crippen LogP contribution in [0.2, 0.25) is 0 Å². The number of fused-ring (bicyclic) bond motifs is 1. The Labute approximate surface area is 70.3 Å². The summed E-state index contributed by atoms with van der Waals surface area (Å²) in [4.78, 5) is 4.12. The summed E-state index contributed by atoms with van der Waals surface area (Å²) in [7, 11) is 0. The number of aliphatic hydroxyl groups is 1. The standard InChI is InChI=1S/C9H10N2O/c1-7-5-11-3-2-10-9(11)4-8(7)6-12/h2-5,12H,6H2,1H3. The lowest BCUT2D eigenvalue weighted by molar-refractivity contribution is 0.281. The van der Waals surface area contributed by atoms with E-state index in [1.807, 2.05) is 29.8 Å². The van der Waals surface area contributed by atoms with Gasteiger partial charge in [-0.1, -0.05) is 0 Å². The van der Waals surface area contributed by atoms with Crippen molar-refractivity contribution in [1.82, 2.24) is 9.38 Å². The van der Waals surface area contributed by atoms with Crippen molar-refractivity contribution < 1.29 is 5.11 Å². The van der Waals surface area contributed by atoms with Crippen LogP contribution in [0.5, 0.6) is 0 Å². The van der Waals surface area contributed by atoms with Crippen LogP contribution in [-0.2, 0) is 6.61 Å². The molecule has 1 N–H and O–H groups in total. The average Bonchev–Trinajstić information content (AvgIpc) is 2.49. The van der Waals surface area contributed by atoms with Crippen LogP contribution in [0.3, 0.4) is 0 Å². The highest BCUT2D eigenvalue weighted by molar-refractivity contribution is 5.43. The molecule has 2 aromatic rings. The van der Waals surface area contributed by atoms with Crippen molar-refractivity contribution >= 4 is 5.65 Å². The Morgan fingerprint density at radius 2 is 2.42 bits per heavy atom. The van der Waals surface area contributed by atoms with Gasteiger partial charge < -0.3 is 9.51 Å². The summed E-state index contributed by atoms with van der Waals surface area (Å²) in [5.74, 6) is 0. The van der Waals surface area contributed by atoms with Crippen molar-refractivity contribution in [3.05, 3.63) is 35.8 Å². The average molecular weight is 162 g/mol. The molecule has 0 spiro atoms. The Morgan fingerprint density at radius 1 is 1.58 bits per heavy atom. The number of aryl methyl sites for hydroxylation is 1. The quantitative estimate of drug-likeness (QED) is 0.682. The molecule has 0 amide bonds. The lowest BCUT2D eigenvalue weighted by Crippen LogP contribution is -1.92. The second-order valence-corrected chi connectivity index (χ2v) is 2.83. The molecule has 0 unspecified atom stereocenters. The van der Waals surface area contributed by atoms with Crippen LogP contribution in [0.1, 0.15) is 11.1 Å². The van der Waals surface area contributed by atoms with Crippen molar-refractivity contribution in [2.24, 2.45) is 0 Å². The van der Waals surface area contributed by atoms with Crippen LogP contribution < -0.4 is 0 Å². The van der Waals surface area contributed by atoms with Gasteiger partial charge in [0, 0.05) is 18.6 Å². The highest BCUT2D eigenvalue weighted by Crippen LogP contribution is 2.10. The summed E-state index contributed by atoms with van der Waals surface area (Å²) in [5.41, 5.74) is 2.90. The number of nitrogens with zero attached hydrogens (tertiary/aromatic N) is 2. The Hall–Kier alpha value is -1.35. The van der Waals surface area contributed by atoms with Crippen LogP contribution in [0.15, 0.2) is 24.7 Å². The topological polar surface area (TPSA) is 37.5 Å². The van der Waals surface area contributed by atoms with E-state index < -0.39 is 0 Å². The molecular weight excluding hydrogens is 152 g/mol. The minimum atomic E-state index is 0.0786. The molecule has 0 aliphatic rings. The smallest absolute Gasteiger partial charge is 0.137 e. The van der Waals surface area contributed by atoms with Gasteiger partial charge in [-0.15, -0.1) is 0 Å². The third-order valence-electron chi connectivity index (χ3n) is 2.01. The van der Waals surface area contributed by atoms with Crippen molar-refractivity contribution in [3.8, 4) is 0 Å². The first-order chi connectivity index (χ1) is 5.81. The van der Waals surface area contributed by atoms with E-state index in [4.69, 9.17) is 5.11 Å². The zero-order chi connectivity index (χ0) is 8.55. The Morgan fingerprint density at radius 3 is 3.17 bits per heavy atom. The van der Waals surface area contributed by atoms with Crippen LogP contribution in [-0.4, -0.2) is 14.5 Å². The summed E-state index contributed by atoms with van der Waals surface area (Å²) in [6.45, 7) is 2.06. The molecule has 0 atom stereocenters. The van der Waals surface area contributed by atoms with Crippen molar-refractivity contribution in [1.29, 1.82) is 0 Å². The molecule has 0 aliphatic heterocycles. The number of hydrogen-bond acceptors (Lipinski definition) is 2. The summed E-state index contributed by atoms with van der Waals surface area (Å²) in [6, 6.07) is 1.90. The Kier molecular flexibility index (Phi) is 1.59. The van der Waals surface area contributed by atoms with E-state index in [9.17, 15) is 0 Å². The van der Waals surface area contributed by atoms with Gasteiger partial charge in [0.2, 0.25) is 0 Å². The fourth-order valence-corrected chi connectivity index (χ4v) is 1.28. The predicted molar refractivity (Wildman–Crippen MR) is 45.9 cm³/mol. The summed E-state index contributed by atoms with van der Waals surface area (Å²) in [6.07, 6.45) is 5.60. The van der Waals surface area contributed by atoms with Gasteiger partial charge in [0.25, 0.3) is 0 Å². The predicted octanol–water partition coefficient (Wildman–Crippen LogP) is 1.14. The maximum absolute atomic E-state index is 8.98. The Balaban J connectivity index is 2.73.